The van der Waals surface area contributed by atoms with Crippen LogP contribution in [0, 0.1) is 11.3 Å². The van der Waals surface area contributed by atoms with Crippen LogP contribution in [0.15, 0.2) is 40.6 Å². The molecule has 14 heteroatoms. The quantitative estimate of drug-likeness (QED) is 0.507. The summed E-state index contributed by atoms with van der Waals surface area (Å²) >= 11 is 1.03. The average molecular weight is 555 g/mol. The second-order valence-corrected chi connectivity index (χ2v) is 13.6. The number of rotatable bonds is 7. The first-order valence-corrected chi connectivity index (χ1v) is 15.3. The molecular formula is C22H26N4O7S3. The normalized spacial score (nSPS) is 22.1. The van der Waals surface area contributed by atoms with E-state index >= 15 is 0 Å². The van der Waals surface area contributed by atoms with Gasteiger partial charge in [-0.2, -0.15) is 13.9 Å². The van der Waals surface area contributed by atoms with Gasteiger partial charge >= 0.3 is 0 Å². The van der Waals surface area contributed by atoms with Crippen LogP contribution >= 0.6 is 11.3 Å². The minimum Gasteiger partial charge on any atom is -0.350 e. The van der Waals surface area contributed by atoms with Crippen LogP contribution in [0.2, 0.25) is 0 Å². The molecule has 11 nitrogen and oxygen atoms in total. The lowest BCUT2D eigenvalue weighted by Gasteiger charge is -2.38. The van der Waals surface area contributed by atoms with Gasteiger partial charge in [-0.15, -0.1) is 11.3 Å². The van der Waals surface area contributed by atoms with Crippen molar-refractivity contribution in [1.29, 1.82) is 5.26 Å². The summed E-state index contributed by atoms with van der Waals surface area (Å²) in [6, 6.07) is 10.6. The van der Waals surface area contributed by atoms with Crippen molar-refractivity contribution in [1.82, 2.24) is 14.1 Å². The fourth-order valence-electron chi connectivity index (χ4n) is 3.98. The highest BCUT2D eigenvalue weighted by Crippen LogP contribution is 2.34. The van der Waals surface area contributed by atoms with Crippen LogP contribution < -0.4 is 5.48 Å². The Hall–Kier alpha value is -2.38. The molecular weight excluding hydrogens is 528 g/mol. The maximum atomic E-state index is 13.6. The third-order valence-electron chi connectivity index (χ3n) is 5.94. The second kappa shape index (κ2) is 10.9. The fourth-order valence-corrected chi connectivity index (χ4v) is 7.81. The Balaban J connectivity index is 1.57. The topological polar surface area (TPSA) is 146 Å². The number of amides is 1. The van der Waals surface area contributed by atoms with Gasteiger partial charge in [-0.25, -0.2) is 27.2 Å². The van der Waals surface area contributed by atoms with Crippen LogP contribution in [0.1, 0.15) is 24.8 Å². The summed E-state index contributed by atoms with van der Waals surface area (Å²) in [6.07, 6.45) is 2.70. The number of nitrogens with one attached hydrogen (secondary N) is 1. The lowest BCUT2D eigenvalue weighted by molar-refractivity contribution is -0.202. The van der Waals surface area contributed by atoms with Crippen LogP contribution in [0.25, 0.3) is 10.4 Å². The summed E-state index contributed by atoms with van der Waals surface area (Å²) in [5, 5.41) is 8.98. The van der Waals surface area contributed by atoms with Gasteiger partial charge in [0.1, 0.15) is 10.3 Å². The summed E-state index contributed by atoms with van der Waals surface area (Å²) in [4.78, 5) is 19.1. The molecule has 2 saturated heterocycles. The lowest BCUT2D eigenvalue weighted by Crippen LogP contribution is -2.61. The molecule has 1 aromatic carbocycles. The number of hydrogen-bond donors (Lipinski definition) is 1. The third kappa shape index (κ3) is 5.94. The van der Waals surface area contributed by atoms with E-state index in [1.807, 2.05) is 6.07 Å². The molecule has 0 bridgehead atoms. The second-order valence-electron chi connectivity index (χ2n) is 8.44. The monoisotopic (exact) mass is 554 g/mol. The highest BCUT2D eigenvalue weighted by Gasteiger charge is 2.43. The predicted molar refractivity (Wildman–Crippen MR) is 131 cm³/mol. The van der Waals surface area contributed by atoms with E-state index in [4.69, 9.17) is 14.8 Å². The van der Waals surface area contributed by atoms with Gasteiger partial charge in [-0.05, 0) is 42.7 Å². The molecule has 1 N–H and O–H groups in total. The van der Waals surface area contributed by atoms with E-state index < -0.39 is 38.3 Å². The first kappa shape index (κ1) is 26.7. The smallest absolute Gasteiger partial charge is 0.263 e. The van der Waals surface area contributed by atoms with Crippen LogP contribution in [0.3, 0.4) is 0 Å². The van der Waals surface area contributed by atoms with Crippen LogP contribution in [-0.2, 0) is 34.4 Å². The minimum atomic E-state index is -4.14. The Morgan fingerprint density at radius 3 is 2.53 bits per heavy atom. The van der Waals surface area contributed by atoms with Gasteiger partial charge in [0, 0.05) is 37.5 Å². The molecule has 0 spiro atoms. The van der Waals surface area contributed by atoms with E-state index in [1.54, 1.807) is 30.3 Å². The number of carbonyl (C=O) groups is 1. The van der Waals surface area contributed by atoms with Crippen molar-refractivity contribution in [3.05, 3.63) is 42.0 Å². The number of nitriles is 1. The molecule has 1 aromatic heterocycles. The van der Waals surface area contributed by atoms with Crippen molar-refractivity contribution < 1.29 is 31.2 Å². The zero-order valence-corrected chi connectivity index (χ0v) is 21.9. The highest BCUT2D eigenvalue weighted by atomic mass is 32.2. The Morgan fingerprint density at radius 2 is 1.89 bits per heavy atom. The molecule has 1 amide bonds. The third-order valence-corrected chi connectivity index (χ3v) is 10.7. The van der Waals surface area contributed by atoms with Gasteiger partial charge in [-0.1, -0.05) is 12.1 Å². The first-order chi connectivity index (χ1) is 17.1. The number of nitrogens with zero attached hydrogens (tertiary/aromatic N) is 3. The molecule has 2 unspecified atom stereocenters. The Labute approximate surface area is 214 Å². The molecule has 2 aromatic rings. The predicted octanol–water partition coefficient (Wildman–Crippen LogP) is 1.50. The SMILES string of the molecule is CS(=O)(=O)N1CCN(S(=O)(=O)c2ccc(-c3ccc(C#N)cc3)s2)C(C(=O)NOC2CCCCO2)C1. The van der Waals surface area contributed by atoms with Gasteiger partial charge in [-0.3, -0.25) is 4.79 Å². The van der Waals surface area contributed by atoms with Crippen LogP contribution in [0.4, 0.5) is 0 Å². The van der Waals surface area contributed by atoms with Gasteiger partial charge in [0.15, 0.2) is 6.29 Å². The molecule has 0 aliphatic carbocycles. The standard InChI is InChI=1S/C22H26N4O7S3/c1-35(28,29)25-11-12-26(18(15-25)22(27)24-33-20-4-2-3-13-32-20)36(30,31)21-10-9-19(34-21)17-7-5-16(14-23)6-8-17/h5-10,18,20H,2-4,11-13,15H2,1H3,(H,24,27). The number of carbonyl (C=O) groups excluding carboxylic acids is 1. The van der Waals surface area contributed by atoms with Crippen molar-refractivity contribution in [2.45, 2.75) is 35.8 Å². The molecule has 2 fully saturated rings. The van der Waals surface area contributed by atoms with Crippen molar-refractivity contribution >= 4 is 37.3 Å². The van der Waals surface area contributed by atoms with E-state index in [9.17, 15) is 21.6 Å². The number of sulfonamides is 2. The first-order valence-electron chi connectivity index (χ1n) is 11.2. The largest absolute Gasteiger partial charge is 0.350 e. The van der Waals surface area contributed by atoms with Gasteiger partial charge < -0.3 is 4.74 Å². The van der Waals surface area contributed by atoms with E-state index in [0.29, 0.717) is 23.5 Å². The van der Waals surface area contributed by atoms with Gasteiger partial charge in [0.25, 0.3) is 15.9 Å². The zero-order chi connectivity index (χ0) is 25.9. The molecule has 3 heterocycles. The maximum absolute atomic E-state index is 13.6. The van der Waals surface area contributed by atoms with E-state index in [1.165, 1.54) is 6.07 Å². The number of hydrogen-bond acceptors (Lipinski definition) is 9. The summed E-state index contributed by atoms with van der Waals surface area (Å²) in [5.74, 6) is -0.773. The van der Waals surface area contributed by atoms with E-state index in [2.05, 4.69) is 5.48 Å². The average Bonchev–Trinajstić information content (AvgIpc) is 3.38. The Kier molecular flexibility index (Phi) is 8.10. The summed E-state index contributed by atoms with van der Waals surface area (Å²) in [5.41, 5.74) is 3.51. The molecule has 194 valence electrons. The Morgan fingerprint density at radius 1 is 1.14 bits per heavy atom. The number of ether oxygens (including phenoxy) is 1. The number of hydroxylamine groups is 1. The molecule has 0 radical (unpaired) electrons. The fraction of sp³-hybridized carbons (Fsp3) is 0.455. The molecule has 2 aliphatic rings. The summed E-state index contributed by atoms with van der Waals surface area (Å²) in [7, 11) is -7.79. The minimum absolute atomic E-state index is 0.0176. The lowest BCUT2D eigenvalue weighted by atomic mass is 10.1. The highest BCUT2D eigenvalue weighted by molar-refractivity contribution is 7.91. The van der Waals surface area contributed by atoms with Crippen molar-refractivity contribution in [3.63, 3.8) is 0 Å². The molecule has 4 rings (SSSR count). The molecule has 2 atom stereocenters. The maximum Gasteiger partial charge on any atom is 0.263 e. The van der Waals surface area contributed by atoms with Crippen LogP contribution in [0.5, 0.6) is 0 Å². The molecule has 2 aliphatic heterocycles. The number of piperazine rings is 1. The van der Waals surface area contributed by atoms with Crippen molar-refractivity contribution in [2.75, 3.05) is 32.5 Å². The molecule has 0 saturated carbocycles. The van der Waals surface area contributed by atoms with E-state index in [-0.39, 0.29) is 23.8 Å². The summed E-state index contributed by atoms with van der Waals surface area (Å²) < 4.78 is 59.0. The van der Waals surface area contributed by atoms with Crippen molar-refractivity contribution in [3.8, 4) is 16.5 Å². The number of thiophene rings is 1. The Bertz CT molecular complexity index is 1340. The molecule has 36 heavy (non-hydrogen) atoms. The van der Waals surface area contributed by atoms with Gasteiger partial charge in [0.05, 0.1) is 17.9 Å². The van der Waals surface area contributed by atoms with Gasteiger partial charge in [0.2, 0.25) is 10.0 Å². The van der Waals surface area contributed by atoms with Crippen LogP contribution in [-0.4, -0.2) is 76.2 Å². The number of benzene rings is 1. The van der Waals surface area contributed by atoms with E-state index in [0.717, 1.165) is 44.6 Å². The van der Waals surface area contributed by atoms with Crippen molar-refractivity contribution in [2.24, 2.45) is 0 Å². The summed E-state index contributed by atoms with van der Waals surface area (Å²) in [6.45, 7) is -0.126. The zero-order valence-electron chi connectivity index (χ0n) is 19.5.